The van der Waals surface area contributed by atoms with Crippen molar-refractivity contribution in [1.82, 2.24) is 9.44 Å². The van der Waals surface area contributed by atoms with Crippen LogP contribution in [-0.2, 0) is 0 Å². The van der Waals surface area contributed by atoms with Gasteiger partial charge in [0.15, 0.2) is 0 Å². The molecule has 0 aromatic rings. The first-order valence-electron chi connectivity index (χ1n) is 2.44. The molecule has 2 heterocycles. The van der Waals surface area contributed by atoms with Gasteiger partial charge in [-0.3, -0.25) is 0 Å². The van der Waals surface area contributed by atoms with E-state index < -0.39 is 0 Å². The minimum Gasteiger partial charge on any atom is -0.243 e. The molecule has 0 saturated carbocycles. The number of nitrogens with one attached hydrogen (secondary N) is 2. The van der Waals surface area contributed by atoms with Gasteiger partial charge in [0.2, 0.25) is 0 Å². The van der Waals surface area contributed by atoms with Crippen molar-refractivity contribution in [3.63, 3.8) is 0 Å². The van der Waals surface area contributed by atoms with Crippen LogP contribution in [0.3, 0.4) is 0 Å². The van der Waals surface area contributed by atoms with E-state index in [4.69, 9.17) is 0 Å². The molecule has 0 aromatic heterocycles. The topological polar surface area (TPSA) is 24.1 Å². The average molecular weight is 146 g/mol. The predicted molar refractivity (Wildman–Crippen MR) is 38.2 cm³/mol. The van der Waals surface area contributed by atoms with Crippen molar-refractivity contribution in [3.8, 4) is 0 Å². The molecule has 1 saturated heterocycles. The molecule has 0 aromatic carbocycles. The summed E-state index contributed by atoms with van der Waals surface area (Å²) in [5, 5.41) is 2.18. The summed E-state index contributed by atoms with van der Waals surface area (Å²) in [6.07, 6.45) is 0.463. The van der Waals surface area contributed by atoms with Crippen LogP contribution < -0.4 is 9.44 Å². The van der Waals surface area contributed by atoms with Crippen molar-refractivity contribution in [2.75, 3.05) is 5.75 Å². The van der Waals surface area contributed by atoms with Gasteiger partial charge in [-0.2, -0.15) is 0 Å². The Morgan fingerprint density at radius 1 is 1.62 bits per heavy atom. The first kappa shape index (κ1) is 5.17. The van der Waals surface area contributed by atoms with Gasteiger partial charge in [0.1, 0.15) is 0 Å². The lowest BCUT2D eigenvalue weighted by molar-refractivity contribution is 0.750. The molecule has 2 aliphatic rings. The van der Waals surface area contributed by atoms with Crippen molar-refractivity contribution in [3.05, 3.63) is 11.0 Å². The highest BCUT2D eigenvalue weighted by Gasteiger charge is 2.23. The Kier molecular flexibility index (Phi) is 1.26. The summed E-state index contributed by atoms with van der Waals surface area (Å²) in [4.78, 5) is 0. The molecule has 1 unspecified atom stereocenters. The lowest BCUT2D eigenvalue weighted by Gasteiger charge is -2.01. The minimum absolute atomic E-state index is 0.463. The van der Waals surface area contributed by atoms with Crippen molar-refractivity contribution < 1.29 is 0 Å². The Bertz CT molecular complexity index is 134. The molecule has 1 fully saturated rings. The molecule has 4 heteroatoms. The summed E-state index contributed by atoms with van der Waals surface area (Å²) in [7, 11) is 0. The first-order chi connectivity index (χ1) is 3.97. The fourth-order valence-corrected chi connectivity index (χ4v) is 2.59. The van der Waals surface area contributed by atoms with E-state index in [1.807, 2.05) is 0 Å². The van der Waals surface area contributed by atoms with E-state index in [0.717, 1.165) is 5.75 Å². The molecule has 0 spiro atoms. The fraction of sp³-hybridized carbons (Fsp3) is 0.500. The molecule has 0 aliphatic carbocycles. The Hall–Kier alpha value is 0.360. The average Bonchev–Trinajstić information content (AvgIpc) is 2.15. The molecule has 0 radical (unpaired) electrons. The zero-order chi connectivity index (χ0) is 5.40. The summed E-state index contributed by atoms with van der Waals surface area (Å²) < 4.78 is 6.45. The van der Waals surface area contributed by atoms with Gasteiger partial charge in [-0.25, -0.2) is 9.44 Å². The van der Waals surface area contributed by atoms with Crippen LogP contribution in [0, 0.1) is 0 Å². The number of hydrogen-bond acceptors (Lipinski definition) is 4. The van der Waals surface area contributed by atoms with Crippen LogP contribution in [0.5, 0.6) is 0 Å². The van der Waals surface area contributed by atoms with Gasteiger partial charge in [-0.1, -0.05) is 23.9 Å². The second-order valence-corrected chi connectivity index (χ2v) is 3.29. The zero-order valence-corrected chi connectivity index (χ0v) is 5.81. The molecule has 2 N–H and O–H groups in total. The third kappa shape index (κ3) is 0.683. The van der Waals surface area contributed by atoms with Crippen LogP contribution in [0.1, 0.15) is 0 Å². The standard InChI is InChI=1S/C4H6N2S2/c1-3-2-8-6-4(3)5-7-1/h1,4-6H,2H2. The second-order valence-electron chi connectivity index (χ2n) is 1.77. The SMILES string of the molecule is C1=C2CSNC2NS1. The Morgan fingerprint density at radius 2 is 2.62 bits per heavy atom. The lowest BCUT2D eigenvalue weighted by atomic mass is 10.3. The molecule has 2 nitrogen and oxygen atoms in total. The summed E-state index contributed by atoms with van der Waals surface area (Å²) in [5.41, 5.74) is 1.49. The highest BCUT2D eigenvalue weighted by Crippen LogP contribution is 2.26. The van der Waals surface area contributed by atoms with Crippen LogP contribution in [0.15, 0.2) is 11.0 Å². The van der Waals surface area contributed by atoms with Gasteiger partial charge in [0, 0.05) is 5.75 Å². The summed E-state index contributed by atoms with van der Waals surface area (Å²) in [5.74, 6) is 1.14. The van der Waals surface area contributed by atoms with E-state index in [1.54, 1.807) is 23.9 Å². The predicted octanol–water partition coefficient (Wildman–Crippen LogP) is 0.699. The number of rotatable bonds is 0. The summed E-state index contributed by atoms with van der Waals surface area (Å²) >= 11 is 3.45. The molecule has 1 atom stereocenters. The van der Waals surface area contributed by atoms with E-state index in [1.165, 1.54) is 5.57 Å². The van der Waals surface area contributed by atoms with Gasteiger partial charge in [0.05, 0.1) is 6.17 Å². The van der Waals surface area contributed by atoms with E-state index in [9.17, 15) is 0 Å². The minimum atomic E-state index is 0.463. The molecule has 8 heavy (non-hydrogen) atoms. The van der Waals surface area contributed by atoms with Crippen molar-refractivity contribution >= 4 is 23.9 Å². The van der Waals surface area contributed by atoms with Crippen LogP contribution >= 0.6 is 23.9 Å². The molecule has 0 amide bonds. The number of fused-ring (bicyclic) bond motifs is 1. The molecular formula is C4H6N2S2. The van der Waals surface area contributed by atoms with Crippen molar-refractivity contribution in [2.45, 2.75) is 6.17 Å². The third-order valence-electron chi connectivity index (χ3n) is 1.21. The maximum Gasteiger partial charge on any atom is 0.0995 e. The fourth-order valence-electron chi connectivity index (χ4n) is 0.747. The van der Waals surface area contributed by atoms with E-state index >= 15 is 0 Å². The monoisotopic (exact) mass is 146 g/mol. The van der Waals surface area contributed by atoms with Gasteiger partial charge in [0.25, 0.3) is 0 Å². The Morgan fingerprint density at radius 3 is 3.50 bits per heavy atom. The largest absolute Gasteiger partial charge is 0.243 e. The summed E-state index contributed by atoms with van der Waals surface area (Å²) in [6.45, 7) is 0. The smallest absolute Gasteiger partial charge is 0.0995 e. The van der Waals surface area contributed by atoms with E-state index in [0.29, 0.717) is 6.17 Å². The Labute approximate surface area is 56.7 Å². The first-order valence-corrected chi connectivity index (χ1v) is 4.31. The van der Waals surface area contributed by atoms with Crippen LogP contribution in [0.4, 0.5) is 0 Å². The normalized spacial score (nSPS) is 35.0. The van der Waals surface area contributed by atoms with Crippen LogP contribution in [-0.4, -0.2) is 11.9 Å². The zero-order valence-electron chi connectivity index (χ0n) is 4.18. The highest BCUT2D eigenvalue weighted by molar-refractivity contribution is 8.01. The molecule has 2 rings (SSSR count). The van der Waals surface area contributed by atoms with Gasteiger partial charge >= 0.3 is 0 Å². The Balaban J connectivity index is 2.20. The van der Waals surface area contributed by atoms with Crippen LogP contribution in [0.2, 0.25) is 0 Å². The van der Waals surface area contributed by atoms with E-state index in [-0.39, 0.29) is 0 Å². The molecule has 0 bridgehead atoms. The van der Waals surface area contributed by atoms with Crippen molar-refractivity contribution in [2.24, 2.45) is 0 Å². The molecule has 2 aliphatic heterocycles. The quantitative estimate of drug-likeness (QED) is 0.491. The molecular weight excluding hydrogens is 140 g/mol. The summed E-state index contributed by atoms with van der Waals surface area (Å²) in [6, 6.07) is 0. The highest BCUT2D eigenvalue weighted by atomic mass is 32.2. The van der Waals surface area contributed by atoms with Gasteiger partial charge in [-0.15, -0.1) is 0 Å². The van der Waals surface area contributed by atoms with Gasteiger partial charge in [-0.05, 0) is 11.0 Å². The molecule has 44 valence electrons. The maximum atomic E-state index is 3.23. The lowest BCUT2D eigenvalue weighted by Crippen LogP contribution is -2.27. The maximum absolute atomic E-state index is 3.23. The third-order valence-corrected chi connectivity index (χ3v) is 2.88. The van der Waals surface area contributed by atoms with E-state index in [2.05, 4.69) is 14.9 Å². The second kappa shape index (κ2) is 1.95. The van der Waals surface area contributed by atoms with Gasteiger partial charge < -0.3 is 0 Å². The van der Waals surface area contributed by atoms with Crippen molar-refractivity contribution in [1.29, 1.82) is 0 Å². The number of hydrogen-bond donors (Lipinski definition) is 2. The van der Waals surface area contributed by atoms with Crippen LogP contribution in [0.25, 0.3) is 0 Å².